The zero-order valence-corrected chi connectivity index (χ0v) is 15.4. The maximum absolute atomic E-state index is 12.3. The zero-order valence-electron chi connectivity index (χ0n) is 15.4. The van der Waals surface area contributed by atoms with Crippen molar-refractivity contribution < 1.29 is 19.1 Å². The fourth-order valence-electron chi connectivity index (χ4n) is 2.89. The maximum atomic E-state index is 12.3. The van der Waals surface area contributed by atoms with Crippen molar-refractivity contribution in [1.82, 2.24) is 15.1 Å². The van der Waals surface area contributed by atoms with E-state index < -0.39 is 6.04 Å². The van der Waals surface area contributed by atoms with E-state index in [2.05, 4.69) is 5.32 Å². The molecule has 0 saturated carbocycles. The molecule has 7 heteroatoms. The Hall–Kier alpha value is -2.41. The summed E-state index contributed by atoms with van der Waals surface area (Å²) in [5.41, 5.74) is 1.01. The van der Waals surface area contributed by atoms with Gasteiger partial charge in [-0.2, -0.15) is 0 Å². The van der Waals surface area contributed by atoms with Gasteiger partial charge in [-0.3, -0.25) is 14.5 Å². The van der Waals surface area contributed by atoms with Crippen LogP contribution in [0.4, 0.5) is 4.79 Å². The molecule has 7 nitrogen and oxygen atoms in total. The minimum atomic E-state index is -0.522. The summed E-state index contributed by atoms with van der Waals surface area (Å²) < 4.78 is 4.98. The van der Waals surface area contributed by atoms with Crippen molar-refractivity contribution in [3.05, 3.63) is 35.9 Å². The highest BCUT2D eigenvalue weighted by Crippen LogP contribution is 2.06. The highest BCUT2D eigenvalue weighted by atomic mass is 16.6. The van der Waals surface area contributed by atoms with Crippen LogP contribution in [0.3, 0.4) is 0 Å². The summed E-state index contributed by atoms with van der Waals surface area (Å²) in [5.74, 6) is -0.236. The van der Waals surface area contributed by atoms with Crippen molar-refractivity contribution in [1.29, 1.82) is 0 Å². The fraction of sp³-hybridized carbons (Fsp3) is 0.526. The Bertz CT molecular complexity index is 612. The Kier molecular flexibility index (Phi) is 7.59. The minimum absolute atomic E-state index is 0.0608. The van der Waals surface area contributed by atoms with Crippen LogP contribution in [0.15, 0.2) is 30.3 Å². The predicted molar refractivity (Wildman–Crippen MR) is 97.8 cm³/mol. The first-order valence-corrected chi connectivity index (χ1v) is 8.97. The first-order valence-electron chi connectivity index (χ1n) is 8.97. The summed E-state index contributed by atoms with van der Waals surface area (Å²) >= 11 is 0. The maximum Gasteiger partial charge on any atom is 0.409 e. The second kappa shape index (κ2) is 9.91. The number of ketones is 1. The van der Waals surface area contributed by atoms with Gasteiger partial charge in [0.1, 0.15) is 0 Å². The van der Waals surface area contributed by atoms with E-state index in [0.717, 1.165) is 5.56 Å². The summed E-state index contributed by atoms with van der Waals surface area (Å²) in [5, 5.41) is 2.83. The van der Waals surface area contributed by atoms with E-state index >= 15 is 0 Å². The summed E-state index contributed by atoms with van der Waals surface area (Å²) in [6, 6.07) is 9.11. The number of carbonyl (C=O) groups is 3. The van der Waals surface area contributed by atoms with Crippen molar-refractivity contribution in [3.8, 4) is 0 Å². The quantitative estimate of drug-likeness (QED) is 0.786. The normalized spacial score (nSPS) is 16.0. The number of rotatable bonds is 7. The molecule has 1 heterocycles. The fourth-order valence-corrected chi connectivity index (χ4v) is 2.89. The van der Waals surface area contributed by atoms with Crippen molar-refractivity contribution >= 4 is 17.8 Å². The molecule has 1 aliphatic heterocycles. The number of nitrogens with one attached hydrogen (secondary N) is 1. The molecular formula is C19H27N3O4. The molecule has 1 saturated heterocycles. The Balaban J connectivity index is 1.80. The van der Waals surface area contributed by atoms with Crippen molar-refractivity contribution in [2.24, 2.45) is 0 Å². The van der Waals surface area contributed by atoms with Crippen LogP contribution in [0.2, 0.25) is 0 Å². The molecule has 0 aromatic heterocycles. The number of amides is 2. The molecule has 1 aromatic rings. The van der Waals surface area contributed by atoms with Gasteiger partial charge in [0.15, 0.2) is 5.78 Å². The van der Waals surface area contributed by atoms with Crippen molar-refractivity contribution in [2.75, 3.05) is 39.3 Å². The van der Waals surface area contributed by atoms with Gasteiger partial charge >= 0.3 is 6.09 Å². The van der Waals surface area contributed by atoms with Crippen LogP contribution in [0.1, 0.15) is 19.4 Å². The smallest absolute Gasteiger partial charge is 0.409 e. The molecule has 2 amide bonds. The van der Waals surface area contributed by atoms with Gasteiger partial charge < -0.3 is 15.0 Å². The van der Waals surface area contributed by atoms with Gasteiger partial charge in [0.25, 0.3) is 0 Å². The van der Waals surface area contributed by atoms with Gasteiger partial charge in [-0.15, -0.1) is 0 Å². The van der Waals surface area contributed by atoms with Gasteiger partial charge in [-0.25, -0.2) is 4.79 Å². The molecule has 1 unspecified atom stereocenters. The molecule has 1 aromatic carbocycles. The van der Waals surface area contributed by atoms with Crippen molar-refractivity contribution in [2.45, 2.75) is 26.3 Å². The molecular weight excluding hydrogens is 334 g/mol. The first-order chi connectivity index (χ1) is 12.5. The molecule has 0 spiro atoms. The average molecular weight is 361 g/mol. The molecule has 0 radical (unpaired) electrons. The number of nitrogens with zero attached hydrogens (tertiary/aromatic N) is 2. The number of benzene rings is 1. The Morgan fingerprint density at radius 2 is 1.77 bits per heavy atom. The monoisotopic (exact) mass is 361 g/mol. The summed E-state index contributed by atoms with van der Waals surface area (Å²) in [7, 11) is 0. The van der Waals surface area contributed by atoms with E-state index in [9.17, 15) is 14.4 Å². The molecule has 2 rings (SSSR count). The van der Waals surface area contributed by atoms with Crippen LogP contribution in [0.5, 0.6) is 0 Å². The van der Waals surface area contributed by atoms with E-state index in [-0.39, 0.29) is 24.3 Å². The van der Waals surface area contributed by atoms with E-state index in [1.807, 2.05) is 35.2 Å². The lowest BCUT2D eigenvalue weighted by Gasteiger charge is -2.33. The highest BCUT2D eigenvalue weighted by molar-refractivity contribution is 5.88. The van der Waals surface area contributed by atoms with E-state index in [1.165, 1.54) is 6.92 Å². The second-order valence-corrected chi connectivity index (χ2v) is 6.38. The number of Topliss-reactive ketones (excluding diaryl/α,β-unsaturated/α-hetero) is 1. The van der Waals surface area contributed by atoms with Crippen molar-refractivity contribution in [3.63, 3.8) is 0 Å². The van der Waals surface area contributed by atoms with Gasteiger partial charge in [0, 0.05) is 26.2 Å². The number of hydrogen-bond donors (Lipinski definition) is 1. The van der Waals surface area contributed by atoms with Gasteiger partial charge in [-0.1, -0.05) is 30.3 Å². The molecule has 142 valence electrons. The topological polar surface area (TPSA) is 79.0 Å². The van der Waals surface area contributed by atoms with Gasteiger partial charge in [0.2, 0.25) is 5.91 Å². The van der Waals surface area contributed by atoms with Crippen LogP contribution < -0.4 is 5.32 Å². The number of hydrogen-bond acceptors (Lipinski definition) is 5. The number of ether oxygens (including phenoxy) is 1. The second-order valence-electron chi connectivity index (χ2n) is 6.38. The zero-order chi connectivity index (χ0) is 18.9. The third-order valence-electron chi connectivity index (χ3n) is 4.37. The first kappa shape index (κ1) is 19.9. The Morgan fingerprint density at radius 1 is 1.12 bits per heavy atom. The van der Waals surface area contributed by atoms with E-state index in [1.54, 1.807) is 11.8 Å². The molecule has 1 aliphatic rings. The summed E-state index contributed by atoms with van der Waals surface area (Å²) in [4.78, 5) is 39.5. The summed E-state index contributed by atoms with van der Waals surface area (Å²) in [6.45, 7) is 6.12. The summed E-state index contributed by atoms with van der Waals surface area (Å²) in [6.07, 6.45) is 0.176. The van der Waals surface area contributed by atoms with E-state index in [4.69, 9.17) is 4.74 Å². The van der Waals surface area contributed by atoms with Crippen LogP contribution in [0, 0.1) is 0 Å². The third-order valence-corrected chi connectivity index (χ3v) is 4.37. The Labute approximate surface area is 154 Å². The van der Waals surface area contributed by atoms with Crippen LogP contribution in [-0.2, 0) is 20.7 Å². The molecule has 0 aliphatic carbocycles. The predicted octanol–water partition coefficient (Wildman–Crippen LogP) is 1.08. The van der Waals surface area contributed by atoms with Crippen LogP contribution in [0.25, 0.3) is 0 Å². The molecule has 26 heavy (non-hydrogen) atoms. The van der Waals surface area contributed by atoms with E-state index in [0.29, 0.717) is 39.2 Å². The number of piperazine rings is 1. The minimum Gasteiger partial charge on any atom is -0.450 e. The van der Waals surface area contributed by atoms with Crippen LogP contribution >= 0.6 is 0 Å². The standard InChI is InChI=1S/C19H27N3O4/c1-3-26-19(25)22-11-9-21(10-12-22)14-18(24)20-17(15(2)23)13-16-7-5-4-6-8-16/h4-8,17H,3,9-14H2,1-2H3,(H,20,24). The third kappa shape index (κ3) is 6.15. The molecule has 1 atom stereocenters. The lowest BCUT2D eigenvalue weighted by atomic mass is 10.0. The molecule has 0 bridgehead atoms. The largest absolute Gasteiger partial charge is 0.450 e. The lowest BCUT2D eigenvalue weighted by Crippen LogP contribution is -2.52. The average Bonchev–Trinajstić information content (AvgIpc) is 2.62. The Morgan fingerprint density at radius 3 is 2.35 bits per heavy atom. The molecule has 1 N–H and O–H groups in total. The van der Waals surface area contributed by atoms with Gasteiger partial charge in [0.05, 0.1) is 19.2 Å². The number of carbonyl (C=O) groups excluding carboxylic acids is 3. The van der Waals surface area contributed by atoms with Gasteiger partial charge in [-0.05, 0) is 25.8 Å². The lowest BCUT2D eigenvalue weighted by molar-refractivity contribution is -0.127. The SMILES string of the molecule is CCOC(=O)N1CCN(CC(=O)NC(Cc2ccccc2)C(C)=O)CC1. The van der Waals surface area contributed by atoms with Crippen LogP contribution in [-0.4, -0.2) is 73.0 Å². The highest BCUT2D eigenvalue weighted by Gasteiger charge is 2.24. The molecule has 1 fully saturated rings.